The van der Waals surface area contributed by atoms with Gasteiger partial charge in [0.25, 0.3) is 0 Å². The smallest absolute Gasteiger partial charge is 0.306 e. The number of rotatable bonds is 10. The van der Waals surface area contributed by atoms with Crippen LogP contribution >= 0.6 is 22.9 Å². The quantitative estimate of drug-likeness (QED) is 0.173. The van der Waals surface area contributed by atoms with Crippen molar-refractivity contribution in [3.05, 3.63) is 34.9 Å². The number of carbonyl (C=O) groups excluding carboxylic acids is 2. The Hall–Kier alpha value is -2.24. The molecule has 5 heterocycles. The van der Waals surface area contributed by atoms with Crippen LogP contribution in [0.4, 0.5) is 5.13 Å². The minimum Gasteiger partial charge on any atom is -0.462 e. The zero-order valence-corrected chi connectivity index (χ0v) is 39.9. The van der Waals surface area contributed by atoms with Gasteiger partial charge in [-0.05, 0) is 127 Å². The summed E-state index contributed by atoms with van der Waals surface area (Å²) in [6.07, 6.45) is 5.59. The van der Waals surface area contributed by atoms with Crippen LogP contribution in [0.1, 0.15) is 85.5 Å². The second-order valence-electron chi connectivity index (χ2n) is 19.6. The number of allylic oxidation sites excluding steroid dienone is 2. The lowest BCUT2D eigenvalue weighted by molar-refractivity contribution is -0.314. The summed E-state index contributed by atoms with van der Waals surface area (Å²) in [5, 5.41) is 1.60. The Morgan fingerprint density at radius 1 is 0.905 bits per heavy atom. The van der Waals surface area contributed by atoms with E-state index in [9.17, 15) is 4.79 Å². The molecule has 0 N–H and O–H groups in total. The lowest BCUT2D eigenvalue weighted by Crippen LogP contribution is -2.59. The fourth-order valence-corrected chi connectivity index (χ4v) is 14.1. The van der Waals surface area contributed by atoms with Crippen molar-refractivity contribution < 1.29 is 47.5 Å². The molecule has 6 fully saturated rings. The summed E-state index contributed by atoms with van der Waals surface area (Å²) in [6, 6.07) is 6.44. The van der Waals surface area contributed by atoms with Crippen molar-refractivity contribution in [2.45, 2.75) is 165 Å². The molecular formula is C48H68ClN3O10S. The maximum atomic E-state index is 15.3. The maximum Gasteiger partial charge on any atom is 0.306 e. The van der Waals surface area contributed by atoms with Crippen molar-refractivity contribution in [3.63, 3.8) is 0 Å². The highest BCUT2D eigenvalue weighted by Crippen LogP contribution is 2.65. The number of carbonyl (C=O) groups is 2. The zero-order chi connectivity index (χ0) is 44.4. The van der Waals surface area contributed by atoms with E-state index in [1.165, 1.54) is 0 Å². The normalized spacial score (nSPS) is 43.1. The number of aromatic nitrogens is 1. The van der Waals surface area contributed by atoms with Crippen LogP contribution in [0, 0.1) is 35.5 Å². The van der Waals surface area contributed by atoms with Crippen LogP contribution in [-0.2, 0) is 47.5 Å². The van der Waals surface area contributed by atoms with Gasteiger partial charge in [0, 0.05) is 44.2 Å². The fourth-order valence-electron chi connectivity index (χ4n) is 12.9. The summed E-state index contributed by atoms with van der Waals surface area (Å²) in [5.74, 6) is -0.357. The molecule has 348 valence electrons. The number of hydrogen-bond acceptors (Lipinski definition) is 14. The van der Waals surface area contributed by atoms with Crippen LogP contribution < -0.4 is 4.90 Å². The highest BCUT2D eigenvalue weighted by Gasteiger charge is 2.70. The maximum absolute atomic E-state index is 15.3. The van der Waals surface area contributed by atoms with E-state index in [2.05, 4.69) is 43.8 Å². The predicted octanol–water partition coefficient (Wildman–Crippen LogP) is 7.45. The number of hydrogen-bond donors (Lipinski definition) is 0. The molecule has 0 spiro atoms. The number of halogens is 1. The van der Waals surface area contributed by atoms with Gasteiger partial charge in [0.2, 0.25) is 0 Å². The van der Waals surface area contributed by atoms with Crippen molar-refractivity contribution in [3.8, 4) is 0 Å². The van der Waals surface area contributed by atoms with E-state index in [0.29, 0.717) is 17.5 Å². The summed E-state index contributed by atoms with van der Waals surface area (Å²) in [4.78, 5) is 39.2. The van der Waals surface area contributed by atoms with E-state index in [1.54, 1.807) is 32.7 Å². The number of methoxy groups -OCH3 is 3. The Labute approximate surface area is 381 Å². The summed E-state index contributed by atoms with van der Waals surface area (Å²) in [7, 11) is 9.18. The monoisotopic (exact) mass is 913 g/mol. The Bertz CT molecular complexity index is 2000. The SMILES string of the molecule is CC[C@H]1CCC[C@H](O[C@H]2CC[C@H](N(C)C)C(C)O2)[C@@H](C)C(=O)C2=C[C@H]3[C@@H]4C[C@H](O[C@@H]5OC(C)[C@H](OC)C(OC)[C@@H]5OC)C[C@H]4[C@H]4[C@@H]([C@H]3[C@@H]2CC(=O)O1)N4c1nc2cc(Cl)ccc2s1. The molecule has 2 saturated carbocycles. The number of esters is 1. The summed E-state index contributed by atoms with van der Waals surface area (Å²) >= 11 is 8.13. The van der Waals surface area contributed by atoms with Crippen molar-refractivity contribution in [1.29, 1.82) is 0 Å². The van der Waals surface area contributed by atoms with E-state index in [0.717, 1.165) is 65.9 Å². The molecule has 4 saturated heterocycles. The Morgan fingerprint density at radius 2 is 1.67 bits per heavy atom. The first-order valence-electron chi connectivity index (χ1n) is 23.5. The number of fused-ring (bicyclic) bond motifs is 9. The summed E-state index contributed by atoms with van der Waals surface area (Å²) < 4.78 is 51.8. The standard InChI is InChI=1S/C48H68ClN3O10S/c1-10-27-12-11-13-36(62-39-17-15-35(51(5)6)24(3)58-39)23(2)43(54)33-21-30-29-19-28(61-47-46(57-9)45(56-8)44(55-7)25(4)59-47)20-32(29)41-42(40(30)31(33)22-38(53)60-27)52(41)48-50-34-18-26(49)14-16-37(34)63-48/h14,16,18,21,23-25,27-32,35-36,39-42,44-47H,10-13,15,17,19-20,22H2,1-9H3/t23-,24?,25?,27+,28+,29+,30+,31-,32-,35+,36+,39+,40-,41+,42-,44+,45?,46+,47+,52?/m1/s1. The second kappa shape index (κ2) is 18.8. The largest absolute Gasteiger partial charge is 0.462 e. The number of nitrogens with zero attached hydrogens (tertiary/aromatic N) is 3. The van der Waals surface area contributed by atoms with Crippen LogP contribution in [0.3, 0.4) is 0 Å². The molecule has 19 atom stereocenters. The molecule has 0 radical (unpaired) electrons. The predicted molar refractivity (Wildman–Crippen MR) is 240 cm³/mol. The van der Waals surface area contributed by atoms with Gasteiger partial charge in [-0.25, -0.2) is 4.98 Å². The van der Waals surface area contributed by atoms with Crippen LogP contribution in [0.25, 0.3) is 10.2 Å². The van der Waals surface area contributed by atoms with Gasteiger partial charge in [-0.3, -0.25) is 9.59 Å². The van der Waals surface area contributed by atoms with Crippen molar-refractivity contribution in [2.24, 2.45) is 35.5 Å². The highest BCUT2D eigenvalue weighted by atomic mass is 35.5. The van der Waals surface area contributed by atoms with E-state index in [4.69, 9.17) is 54.5 Å². The molecule has 9 rings (SSSR count). The number of cyclic esters (lactones) is 1. The molecule has 13 nitrogen and oxygen atoms in total. The van der Waals surface area contributed by atoms with Gasteiger partial charge in [0.15, 0.2) is 23.5 Å². The Kier molecular flexibility index (Phi) is 13.7. The van der Waals surface area contributed by atoms with Crippen molar-refractivity contribution >= 4 is 50.0 Å². The van der Waals surface area contributed by atoms with Gasteiger partial charge >= 0.3 is 5.97 Å². The lowest BCUT2D eigenvalue weighted by Gasteiger charge is -2.44. The molecule has 1 aromatic carbocycles. The number of anilines is 1. The number of Topliss-reactive ketones (excluding diaryl/α,β-unsaturated/α-hetero) is 1. The van der Waals surface area contributed by atoms with Gasteiger partial charge in [-0.15, -0.1) is 0 Å². The molecule has 7 aliphatic rings. The molecule has 3 unspecified atom stereocenters. The summed E-state index contributed by atoms with van der Waals surface area (Å²) in [6.45, 7) is 8.20. The first-order valence-corrected chi connectivity index (χ1v) is 24.7. The third kappa shape index (κ3) is 8.66. The van der Waals surface area contributed by atoms with Crippen LogP contribution in [-0.4, -0.2) is 137 Å². The third-order valence-corrected chi connectivity index (χ3v) is 17.3. The van der Waals surface area contributed by atoms with Gasteiger partial charge in [-0.2, -0.15) is 0 Å². The number of ether oxygens (including phenoxy) is 8. The van der Waals surface area contributed by atoms with E-state index in [-0.39, 0.29) is 109 Å². The van der Waals surface area contributed by atoms with Gasteiger partial charge < -0.3 is 47.7 Å². The number of benzene rings is 1. The minimum atomic E-state index is -0.648. The zero-order valence-electron chi connectivity index (χ0n) is 38.4. The van der Waals surface area contributed by atoms with Crippen molar-refractivity contribution in [1.82, 2.24) is 9.88 Å². The van der Waals surface area contributed by atoms with Crippen LogP contribution in [0.15, 0.2) is 29.8 Å². The molecule has 0 bridgehead atoms. The molecule has 63 heavy (non-hydrogen) atoms. The van der Waals surface area contributed by atoms with Crippen LogP contribution in [0.2, 0.25) is 5.02 Å². The van der Waals surface area contributed by atoms with Gasteiger partial charge in [0.05, 0.1) is 53.1 Å². The first-order chi connectivity index (χ1) is 30.3. The minimum absolute atomic E-state index is 0.00943. The fraction of sp³-hybridized carbons (Fsp3) is 0.771. The summed E-state index contributed by atoms with van der Waals surface area (Å²) in [5.41, 5.74) is 1.63. The molecule has 15 heteroatoms. The lowest BCUT2D eigenvalue weighted by atomic mass is 9.66. The molecular weight excluding hydrogens is 846 g/mol. The van der Waals surface area contributed by atoms with Gasteiger partial charge in [0.1, 0.15) is 24.4 Å². The molecule has 2 aromatic rings. The topological polar surface area (TPSA) is 127 Å². The molecule has 1 aromatic heterocycles. The molecule has 3 aliphatic carbocycles. The third-order valence-electron chi connectivity index (χ3n) is 16.0. The highest BCUT2D eigenvalue weighted by molar-refractivity contribution is 7.22. The van der Waals surface area contributed by atoms with E-state index >= 15 is 4.79 Å². The number of ketones is 1. The second-order valence-corrected chi connectivity index (χ2v) is 21.1. The van der Waals surface area contributed by atoms with Crippen LogP contribution in [0.5, 0.6) is 0 Å². The Morgan fingerprint density at radius 3 is 2.38 bits per heavy atom. The number of likely N-dealkylation sites (N-methyl/N-ethyl adjacent to an activating group) is 1. The Balaban J connectivity index is 1.04. The average Bonchev–Trinajstić information content (AvgIpc) is 3.48. The first kappa shape index (κ1) is 45.9. The average molecular weight is 915 g/mol. The number of thiazole rings is 1. The molecule has 0 amide bonds. The van der Waals surface area contributed by atoms with E-state index in [1.807, 2.05) is 32.0 Å². The van der Waals surface area contributed by atoms with Crippen molar-refractivity contribution in [2.75, 3.05) is 40.3 Å². The molecule has 4 aliphatic heterocycles. The van der Waals surface area contributed by atoms with Gasteiger partial charge in [-0.1, -0.05) is 42.9 Å². The van der Waals surface area contributed by atoms with E-state index < -0.39 is 18.3 Å².